The molecule has 1 saturated heterocycles. The minimum absolute atomic E-state index is 0.0417. The minimum Gasteiger partial charge on any atom is -0.399 e. The van der Waals surface area contributed by atoms with Crippen molar-refractivity contribution in [2.24, 2.45) is 0 Å². The zero-order chi connectivity index (χ0) is 23.2. The summed E-state index contributed by atoms with van der Waals surface area (Å²) in [5.74, 6) is -0.573. The molecule has 1 heterocycles. The van der Waals surface area contributed by atoms with E-state index < -0.39 is 42.0 Å². The number of rotatable bonds is 4. The lowest BCUT2D eigenvalue weighted by molar-refractivity contribution is -0.137. The Balaban J connectivity index is 1.80. The summed E-state index contributed by atoms with van der Waals surface area (Å²) >= 11 is 0. The van der Waals surface area contributed by atoms with Crippen molar-refractivity contribution < 1.29 is 27.3 Å². The van der Waals surface area contributed by atoms with Crippen LogP contribution >= 0.6 is 0 Å². The predicted octanol–water partition coefficient (Wildman–Crippen LogP) is 4.80. The number of carbonyl (C=O) groups excluding carboxylic acids is 1. The zero-order valence-electron chi connectivity index (χ0n) is 18.6. The monoisotopic (exact) mass is 433 g/mol. The third kappa shape index (κ3) is 4.80. The molecule has 0 saturated carbocycles. The van der Waals surface area contributed by atoms with Crippen LogP contribution in [0.25, 0.3) is 0 Å². The van der Waals surface area contributed by atoms with Crippen LogP contribution in [0.5, 0.6) is 0 Å². The van der Waals surface area contributed by atoms with E-state index in [1.807, 2.05) is 52.8 Å². The molecule has 0 spiro atoms. The first kappa shape index (κ1) is 23.4. The summed E-state index contributed by atoms with van der Waals surface area (Å²) in [5.41, 5.74) is 0.782. The predicted molar refractivity (Wildman–Crippen MR) is 114 cm³/mol. The second-order valence-electron chi connectivity index (χ2n) is 8.98. The summed E-state index contributed by atoms with van der Waals surface area (Å²) < 4.78 is 51.1. The van der Waals surface area contributed by atoms with Crippen molar-refractivity contribution in [3.05, 3.63) is 64.7 Å². The number of nitrogens with one attached hydrogen (secondary N) is 1. The van der Waals surface area contributed by atoms with Crippen molar-refractivity contribution in [2.75, 3.05) is 0 Å². The van der Waals surface area contributed by atoms with Gasteiger partial charge in [-0.3, -0.25) is 4.79 Å². The van der Waals surface area contributed by atoms with Gasteiger partial charge in [0.15, 0.2) is 0 Å². The second-order valence-corrected chi connectivity index (χ2v) is 8.98. The van der Waals surface area contributed by atoms with Crippen LogP contribution in [-0.2, 0) is 15.5 Å². The standard InChI is InChI=1S/C23H27BF3NO3/c1-14-10-11-16(13-19(14)24-30-21(3,4)22(5,6)31-24)15(2)28-20(29)17-8-7-9-18(12-17)23(25,26)27/h7-13,15H,1-6H3,(H,28,29)/t15-/m0/s1. The van der Waals surface area contributed by atoms with E-state index in [1.54, 1.807) is 6.92 Å². The summed E-state index contributed by atoms with van der Waals surface area (Å²) in [7, 11) is -0.545. The van der Waals surface area contributed by atoms with Crippen LogP contribution in [0.2, 0.25) is 0 Å². The highest BCUT2D eigenvalue weighted by Gasteiger charge is 2.52. The van der Waals surface area contributed by atoms with Crippen molar-refractivity contribution in [3.8, 4) is 0 Å². The summed E-state index contributed by atoms with van der Waals surface area (Å²) in [6.07, 6.45) is -4.50. The summed E-state index contributed by atoms with van der Waals surface area (Å²) in [4.78, 5) is 12.6. The third-order valence-corrected chi connectivity index (χ3v) is 6.11. The lowest BCUT2D eigenvalue weighted by Gasteiger charge is -2.32. The van der Waals surface area contributed by atoms with Gasteiger partial charge in [-0.15, -0.1) is 0 Å². The highest BCUT2D eigenvalue weighted by atomic mass is 19.4. The molecule has 1 amide bonds. The first-order valence-corrected chi connectivity index (χ1v) is 10.2. The number of amides is 1. The molecule has 1 fully saturated rings. The van der Waals surface area contributed by atoms with Crippen LogP contribution in [0.15, 0.2) is 42.5 Å². The van der Waals surface area contributed by atoms with Gasteiger partial charge in [-0.25, -0.2) is 0 Å². The second kappa shape index (κ2) is 7.99. The number of hydrogen-bond acceptors (Lipinski definition) is 3. The van der Waals surface area contributed by atoms with Gasteiger partial charge in [-0.05, 0) is 70.8 Å². The summed E-state index contributed by atoms with van der Waals surface area (Å²) in [6.45, 7) is 11.6. The van der Waals surface area contributed by atoms with Gasteiger partial charge in [-0.2, -0.15) is 13.2 Å². The van der Waals surface area contributed by atoms with Gasteiger partial charge in [0.1, 0.15) is 0 Å². The van der Waals surface area contributed by atoms with E-state index in [1.165, 1.54) is 12.1 Å². The zero-order valence-corrected chi connectivity index (χ0v) is 18.6. The van der Waals surface area contributed by atoms with E-state index in [9.17, 15) is 18.0 Å². The van der Waals surface area contributed by atoms with Crippen LogP contribution in [0.3, 0.4) is 0 Å². The molecule has 0 bridgehead atoms. The van der Waals surface area contributed by atoms with Gasteiger partial charge in [-0.1, -0.05) is 29.8 Å². The Morgan fingerprint density at radius 3 is 2.23 bits per heavy atom. The Bertz CT molecular complexity index is 972. The average Bonchev–Trinajstić information content (AvgIpc) is 2.88. The average molecular weight is 433 g/mol. The van der Waals surface area contributed by atoms with Crippen LogP contribution in [0.4, 0.5) is 13.2 Å². The fraction of sp³-hybridized carbons (Fsp3) is 0.435. The fourth-order valence-corrected chi connectivity index (χ4v) is 3.35. The quantitative estimate of drug-likeness (QED) is 0.705. The molecule has 1 N–H and O–H groups in total. The maximum Gasteiger partial charge on any atom is 0.495 e. The van der Waals surface area contributed by atoms with Gasteiger partial charge in [0.25, 0.3) is 5.91 Å². The molecule has 0 aromatic heterocycles. The Morgan fingerprint density at radius 2 is 1.65 bits per heavy atom. The van der Waals surface area contributed by atoms with Crippen molar-refractivity contribution >= 4 is 18.5 Å². The van der Waals surface area contributed by atoms with Crippen molar-refractivity contribution in [2.45, 2.75) is 65.0 Å². The summed E-state index contributed by atoms with van der Waals surface area (Å²) in [6, 6.07) is 9.67. The van der Waals surface area contributed by atoms with E-state index in [4.69, 9.17) is 9.31 Å². The minimum atomic E-state index is -4.50. The van der Waals surface area contributed by atoms with Crippen LogP contribution < -0.4 is 10.8 Å². The van der Waals surface area contributed by atoms with E-state index in [-0.39, 0.29) is 5.56 Å². The molecule has 0 radical (unpaired) electrons. The normalized spacial score (nSPS) is 18.7. The molecular formula is C23H27BF3NO3. The van der Waals surface area contributed by atoms with Crippen LogP contribution in [-0.4, -0.2) is 24.2 Å². The van der Waals surface area contributed by atoms with E-state index in [2.05, 4.69) is 5.32 Å². The molecule has 31 heavy (non-hydrogen) atoms. The number of halogens is 3. The highest BCUT2D eigenvalue weighted by Crippen LogP contribution is 2.37. The van der Waals surface area contributed by atoms with Crippen molar-refractivity contribution in [1.82, 2.24) is 5.32 Å². The topological polar surface area (TPSA) is 47.6 Å². The maximum absolute atomic E-state index is 12.9. The van der Waals surface area contributed by atoms with Gasteiger partial charge in [0, 0.05) is 5.56 Å². The third-order valence-electron chi connectivity index (χ3n) is 6.11. The Labute approximate surface area is 181 Å². The molecule has 1 atom stereocenters. The molecule has 0 aliphatic carbocycles. The largest absolute Gasteiger partial charge is 0.495 e. The molecule has 1 aliphatic rings. The first-order valence-electron chi connectivity index (χ1n) is 10.2. The Kier molecular flexibility index (Phi) is 6.02. The Hall–Kier alpha value is -2.32. The molecule has 166 valence electrons. The SMILES string of the molecule is Cc1ccc([C@H](C)NC(=O)c2cccc(C(F)(F)F)c2)cc1B1OC(C)(C)C(C)(C)O1. The molecule has 1 aliphatic heterocycles. The molecular weight excluding hydrogens is 406 g/mol. The number of aryl methyl sites for hydroxylation is 1. The van der Waals surface area contributed by atoms with Gasteiger partial charge in [0.2, 0.25) is 0 Å². The lowest BCUT2D eigenvalue weighted by atomic mass is 9.75. The molecule has 2 aromatic rings. The number of alkyl halides is 3. The van der Waals surface area contributed by atoms with Gasteiger partial charge < -0.3 is 14.6 Å². The smallest absolute Gasteiger partial charge is 0.399 e. The maximum atomic E-state index is 12.9. The van der Waals surface area contributed by atoms with Crippen LogP contribution in [0.1, 0.15) is 67.7 Å². The fourth-order valence-electron chi connectivity index (χ4n) is 3.35. The Morgan fingerprint density at radius 1 is 1.03 bits per heavy atom. The van der Waals surface area contributed by atoms with Crippen molar-refractivity contribution in [1.29, 1.82) is 0 Å². The number of carbonyl (C=O) groups is 1. The lowest BCUT2D eigenvalue weighted by Crippen LogP contribution is -2.41. The van der Waals surface area contributed by atoms with Gasteiger partial charge >= 0.3 is 13.3 Å². The molecule has 4 nitrogen and oxygen atoms in total. The molecule has 2 aromatic carbocycles. The van der Waals surface area contributed by atoms with Crippen LogP contribution in [0, 0.1) is 6.92 Å². The van der Waals surface area contributed by atoms with Gasteiger partial charge in [0.05, 0.1) is 22.8 Å². The number of hydrogen-bond donors (Lipinski definition) is 1. The first-order chi connectivity index (χ1) is 14.2. The molecule has 8 heteroatoms. The van der Waals surface area contributed by atoms with E-state index >= 15 is 0 Å². The molecule has 3 rings (SSSR count). The molecule has 0 unspecified atom stereocenters. The van der Waals surface area contributed by atoms with Crippen molar-refractivity contribution in [3.63, 3.8) is 0 Å². The number of benzene rings is 2. The summed E-state index contributed by atoms with van der Waals surface area (Å²) in [5, 5.41) is 2.77. The van der Waals surface area contributed by atoms with E-state index in [0.717, 1.165) is 28.7 Å². The highest BCUT2D eigenvalue weighted by molar-refractivity contribution is 6.62. The van der Waals surface area contributed by atoms with E-state index in [0.29, 0.717) is 0 Å².